The van der Waals surface area contributed by atoms with Gasteiger partial charge in [0.05, 0.1) is 18.0 Å². The van der Waals surface area contributed by atoms with E-state index in [9.17, 15) is 13.2 Å². The van der Waals surface area contributed by atoms with Gasteiger partial charge in [0.1, 0.15) is 0 Å². The van der Waals surface area contributed by atoms with E-state index < -0.39 is 10.0 Å². The zero-order valence-corrected chi connectivity index (χ0v) is 20.5. The van der Waals surface area contributed by atoms with Crippen molar-refractivity contribution >= 4 is 27.4 Å². The van der Waals surface area contributed by atoms with E-state index >= 15 is 0 Å². The van der Waals surface area contributed by atoms with E-state index in [4.69, 9.17) is 0 Å². The zero-order valence-electron chi connectivity index (χ0n) is 19.6. The fourth-order valence-corrected chi connectivity index (χ4v) is 4.05. The lowest BCUT2D eigenvalue weighted by Gasteiger charge is -2.20. The summed E-state index contributed by atoms with van der Waals surface area (Å²) in [6.07, 6.45) is 1.12. The summed E-state index contributed by atoms with van der Waals surface area (Å²) in [6.45, 7) is 8.31. The van der Waals surface area contributed by atoms with Crippen molar-refractivity contribution in [2.45, 2.75) is 39.2 Å². The largest absolute Gasteiger partial charge is 0.331 e. The van der Waals surface area contributed by atoms with E-state index in [1.807, 2.05) is 73.7 Å². The molecule has 0 saturated carbocycles. The summed E-state index contributed by atoms with van der Waals surface area (Å²) in [5.41, 5.74) is 4.91. The summed E-state index contributed by atoms with van der Waals surface area (Å²) in [5, 5.41) is 5.82. The van der Waals surface area contributed by atoms with Crippen LogP contribution in [0.25, 0.3) is 11.1 Å². The van der Waals surface area contributed by atoms with Crippen LogP contribution >= 0.6 is 0 Å². The van der Waals surface area contributed by atoms with E-state index in [-0.39, 0.29) is 17.5 Å². The van der Waals surface area contributed by atoms with Gasteiger partial charge in [-0.1, -0.05) is 69.3 Å². The van der Waals surface area contributed by atoms with E-state index in [2.05, 4.69) is 36.1 Å². The second-order valence-corrected chi connectivity index (χ2v) is 10.9. The predicted octanol–water partition coefficient (Wildman–Crippen LogP) is 5.91. The Labute approximate surface area is 196 Å². The molecule has 33 heavy (non-hydrogen) atoms. The van der Waals surface area contributed by atoms with E-state index in [1.54, 1.807) is 6.07 Å². The molecule has 0 heterocycles. The van der Waals surface area contributed by atoms with Crippen molar-refractivity contribution in [1.29, 1.82) is 0 Å². The molecule has 0 unspecified atom stereocenters. The zero-order chi connectivity index (χ0) is 24.2. The normalized spacial score (nSPS) is 12.6. The third-order valence-electron chi connectivity index (χ3n) is 5.28. The van der Waals surface area contributed by atoms with Crippen LogP contribution < -0.4 is 15.4 Å². The molecule has 3 aromatic rings. The van der Waals surface area contributed by atoms with Gasteiger partial charge in [0.25, 0.3) is 0 Å². The summed E-state index contributed by atoms with van der Waals surface area (Å²) in [7, 11) is -3.44. The fourth-order valence-electron chi connectivity index (χ4n) is 3.48. The van der Waals surface area contributed by atoms with Crippen molar-refractivity contribution in [2.75, 3.05) is 16.3 Å². The molecule has 0 aliphatic heterocycles. The van der Waals surface area contributed by atoms with Crippen LogP contribution in [0, 0.1) is 0 Å². The molecule has 174 valence electrons. The highest BCUT2D eigenvalue weighted by Gasteiger charge is 2.16. The quantitative estimate of drug-likeness (QED) is 0.423. The number of nitrogens with one attached hydrogen (secondary N) is 3. The first-order chi connectivity index (χ1) is 15.4. The van der Waals surface area contributed by atoms with Gasteiger partial charge in [-0.3, -0.25) is 4.72 Å². The highest BCUT2D eigenvalue weighted by Crippen LogP contribution is 2.31. The van der Waals surface area contributed by atoms with Gasteiger partial charge >= 0.3 is 6.03 Å². The van der Waals surface area contributed by atoms with Crippen LogP contribution in [0.3, 0.4) is 0 Å². The summed E-state index contributed by atoms with van der Waals surface area (Å²) in [6, 6.07) is 22.1. The average Bonchev–Trinajstić information content (AvgIpc) is 2.73. The first kappa shape index (κ1) is 24.3. The Morgan fingerprint density at radius 3 is 2.12 bits per heavy atom. The van der Waals surface area contributed by atoms with Gasteiger partial charge in [0.15, 0.2) is 0 Å². The lowest BCUT2D eigenvalue weighted by molar-refractivity contribution is 0.249. The molecular weight excluding hydrogens is 434 g/mol. The monoisotopic (exact) mass is 465 g/mol. The van der Waals surface area contributed by atoms with Crippen molar-refractivity contribution in [1.82, 2.24) is 5.32 Å². The van der Waals surface area contributed by atoms with Crippen LogP contribution in [0.5, 0.6) is 0 Å². The molecular formula is C26H31N3O3S. The predicted molar refractivity (Wildman–Crippen MR) is 136 cm³/mol. The Morgan fingerprint density at radius 1 is 0.909 bits per heavy atom. The lowest BCUT2D eigenvalue weighted by atomic mass is 9.87. The number of carbonyl (C=O) groups excluding carboxylic acids is 1. The summed E-state index contributed by atoms with van der Waals surface area (Å²) in [5.74, 6) is 0. The van der Waals surface area contributed by atoms with E-state index in [1.165, 1.54) is 5.56 Å². The molecule has 3 rings (SSSR count). The highest BCUT2D eigenvalue weighted by molar-refractivity contribution is 7.92. The molecule has 0 spiro atoms. The molecule has 0 aliphatic carbocycles. The minimum absolute atomic E-state index is 0.0455. The van der Waals surface area contributed by atoms with Crippen LogP contribution in [-0.4, -0.2) is 20.7 Å². The maximum absolute atomic E-state index is 12.6. The van der Waals surface area contributed by atoms with Crippen LogP contribution in [-0.2, 0) is 15.4 Å². The number of urea groups is 1. The number of carbonyl (C=O) groups is 1. The smallest absolute Gasteiger partial charge is 0.319 e. The van der Waals surface area contributed by atoms with Crippen LogP contribution in [0.2, 0.25) is 0 Å². The first-order valence-electron chi connectivity index (χ1n) is 10.8. The Balaban J connectivity index is 1.77. The third-order valence-corrected chi connectivity index (χ3v) is 5.87. The standard InChI is InChI=1S/C26H31N3O3S/c1-18(27-25(30)28-22-14-12-21(13-15-22)26(2,3)4)20-11-16-24(29-33(5,31)32)23(17-20)19-9-7-6-8-10-19/h6-18,29H,1-5H3,(H2,27,28,30)/t18-/m1/s1. The Bertz CT molecular complexity index is 1220. The SMILES string of the molecule is C[C@@H](NC(=O)Nc1ccc(C(C)(C)C)cc1)c1ccc(NS(C)(=O)=O)c(-c2ccccc2)c1. The molecule has 2 amide bonds. The van der Waals surface area contributed by atoms with Crippen LogP contribution in [0.1, 0.15) is 44.9 Å². The van der Waals surface area contributed by atoms with Crippen molar-refractivity contribution in [3.8, 4) is 11.1 Å². The van der Waals surface area contributed by atoms with E-state index in [0.717, 1.165) is 22.9 Å². The minimum Gasteiger partial charge on any atom is -0.331 e. The number of hydrogen-bond acceptors (Lipinski definition) is 3. The van der Waals surface area contributed by atoms with Gasteiger partial charge in [-0.2, -0.15) is 0 Å². The number of anilines is 2. The molecule has 3 N–H and O–H groups in total. The molecule has 3 aromatic carbocycles. The second kappa shape index (κ2) is 9.67. The molecule has 0 saturated heterocycles. The maximum atomic E-state index is 12.6. The molecule has 7 heteroatoms. The molecule has 0 aromatic heterocycles. The summed E-state index contributed by atoms with van der Waals surface area (Å²) >= 11 is 0. The second-order valence-electron chi connectivity index (χ2n) is 9.19. The molecule has 0 bridgehead atoms. The van der Waals surface area contributed by atoms with Gasteiger partial charge in [0, 0.05) is 11.3 Å². The van der Waals surface area contributed by atoms with Crippen molar-refractivity contribution in [3.05, 3.63) is 83.9 Å². The summed E-state index contributed by atoms with van der Waals surface area (Å²) < 4.78 is 26.2. The third kappa shape index (κ3) is 6.83. The Hall–Kier alpha value is -3.32. The molecule has 6 nitrogen and oxygen atoms in total. The maximum Gasteiger partial charge on any atom is 0.319 e. The average molecular weight is 466 g/mol. The Kier molecular flexibility index (Phi) is 7.12. The van der Waals surface area contributed by atoms with Gasteiger partial charge in [0.2, 0.25) is 10.0 Å². The molecule has 0 radical (unpaired) electrons. The van der Waals surface area contributed by atoms with Crippen molar-refractivity contribution in [3.63, 3.8) is 0 Å². The number of rotatable bonds is 6. The number of hydrogen-bond donors (Lipinski definition) is 3. The van der Waals surface area contributed by atoms with Gasteiger partial charge in [-0.05, 0) is 53.3 Å². The van der Waals surface area contributed by atoms with Crippen LogP contribution in [0.15, 0.2) is 72.8 Å². The van der Waals surface area contributed by atoms with E-state index in [0.29, 0.717) is 11.4 Å². The number of sulfonamides is 1. The van der Waals surface area contributed by atoms with Crippen molar-refractivity contribution in [2.24, 2.45) is 0 Å². The molecule has 0 aliphatic rings. The number of benzene rings is 3. The topological polar surface area (TPSA) is 87.3 Å². The van der Waals surface area contributed by atoms with Gasteiger partial charge in [-0.25, -0.2) is 13.2 Å². The minimum atomic E-state index is -3.44. The summed E-state index contributed by atoms with van der Waals surface area (Å²) in [4.78, 5) is 12.6. The molecule has 1 atom stereocenters. The van der Waals surface area contributed by atoms with Crippen molar-refractivity contribution < 1.29 is 13.2 Å². The first-order valence-corrected chi connectivity index (χ1v) is 12.7. The highest BCUT2D eigenvalue weighted by atomic mass is 32.2. The van der Waals surface area contributed by atoms with Gasteiger partial charge in [-0.15, -0.1) is 0 Å². The Morgan fingerprint density at radius 2 is 1.55 bits per heavy atom. The van der Waals surface area contributed by atoms with Gasteiger partial charge < -0.3 is 10.6 Å². The lowest BCUT2D eigenvalue weighted by Crippen LogP contribution is -2.31. The number of amides is 2. The fraction of sp³-hybridized carbons (Fsp3) is 0.269. The van der Waals surface area contributed by atoms with Crippen LogP contribution in [0.4, 0.5) is 16.2 Å². The molecule has 0 fully saturated rings.